The third-order valence-corrected chi connectivity index (χ3v) is 3.42. The van der Waals surface area contributed by atoms with E-state index in [0.717, 1.165) is 10.9 Å². The van der Waals surface area contributed by atoms with Gasteiger partial charge in [0, 0.05) is 0 Å². The van der Waals surface area contributed by atoms with E-state index in [-0.39, 0.29) is 0 Å². The first-order valence-corrected chi connectivity index (χ1v) is 7.19. The molecule has 4 nitrogen and oxygen atoms in total. The van der Waals surface area contributed by atoms with Gasteiger partial charge in [0.05, 0.1) is 24.4 Å². The second kappa shape index (κ2) is 8.29. The summed E-state index contributed by atoms with van der Waals surface area (Å²) in [5.74, 6) is 1.07. The fraction of sp³-hybridized carbons (Fsp3) is 0.692. The van der Waals surface area contributed by atoms with E-state index < -0.39 is 0 Å². The van der Waals surface area contributed by atoms with E-state index in [2.05, 4.69) is 39.7 Å². The van der Waals surface area contributed by atoms with Crippen LogP contribution in [0.5, 0.6) is 11.9 Å². The number of methoxy groups -OCH3 is 1. The van der Waals surface area contributed by atoms with Crippen molar-refractivity contribution in [3.63, 3.8) is 0 Å². The highest BCUT2D eigenvalue weighted by molar-refractivity contribution is 9.10. The third-order valence-electron chi connectivity index (χ3n) is 2.87. The zero-order valence-corrected chi connectivity index (χ0v) is 12.9. The van der Waals surface area contributed by atoms with Crippen LogP contribution in [0.15, 0.2) is 10.7 Å². The van der Waals surface area contributed by atoms with Gasteiger partial charge in [-0.25, -0.2) is 4.98 Å². The molecule has 0 aromatic carbocycles. The number of rotatable bonds is 8. The quantitative estimate of drug-likeness (QED) is 0.730. The summed E-state index contributed by atoms with van der Waals surface area (Å²) in [4.78, 5) is 8.29. The molecular formula is C13H21BrN2O2. The lowest BCUT2D eigenvalue weighted by molar-refractivity contribution is 0.215. The molecule has 0 radical (unpaired) electrons. The molecule has 0 fully saturated rings. The summed E-state index contributed by atoms with van der Waals surface area (Å²) in [6, 6.07) is 0.380. The van der Waals surface area contributed by atoms with Crippen LogP contribution in [-0.4, -0.2) is 23.7 Å². The minimum absolute atomic E-state index is 0.380. The zero-order valence-electron chi connectivity index (χ0n) is 11.3. The Labute approximate surface area is 117 Å². The van der Waals surface area contributed by atoms with Crippen molar-refractivity contribution in [3.05, 3.63) is 10.7 Å². The molecule has 1 unspecified atom stereocenters. The topological polar surface area (TPSA) is 44.2 Å². The Hall–Kier alpha value is -0.840. The zero-order chi connectivity index (χ0) is 13.4. The summed E-state index contributed by atoms with van der Waals surface area (Å²) < 4.78 is 11.5. The lowest BCUT2D eigenvalue weighted by Gasteiger charge is -2.14. The van der Waals surface area contributed by atoms with Crippen LogP contribution in [0.1, 0.15) is 39.5 Å². The van der Waals surface area contributed by atoms with Crippen LogP contribution in [-0.2, 0) is 0 Å². The van der Waals surface area contributed by atoms with Crippen molar-refractivity contribution in [2.75, 3.05) is 13.7 Å². The first kappa shape index (κ1) is 15.2. The summed E-state index contributed by atoms with van der Waals surface area (Å²) >= 11 is 3.31. The molecule has 0 N–H and O–H groups in total. The Morgan fingerprint density at radius 1 is 1.39 bits per heavy atom. The minimum Gasteiger partial charge on any atom is -0.480 e. The van der Waals surface area contributed by atoms with Gasteiger partial charge in [-0.15, -0.1) is 0 Å². The van der Waals surface area contributed by atoms with Crippen LogP contribution in [0, 0.1) is 5.92 Å². The first-order valence-electron chi connectivity index (χ1n) is 6.40. The van der Waals surface area contributed by atoms with Crippen molar-refractivity contribution >= 4 is 15.9 Å². The molecule has 0 aliphatic rings. The number of halogens is 1. The van der Waals surface area contributed by atoms with Crippen molar-refractivity contribution in [2.24, 2.45) is 5.92 Å². The lowest BCUT2D eigenvalue weighted by atomic mass is 10.0. The maximum atomic E-state index is 5.63. The number of unbranched alkanes of at least 4 members (excludes halogenated alkanes) is 1. The van der Waals surface area contributed by atoms with Gasteiger partial charge in [0.15, 0.2) is 0 Å². The van der Waals surface area contributed by atoms with Crippen LogP contribution in [0.2, 0.25) is 0 Å². The number of nitrogens with zero attached hydrogens (tertiary/aromatic N) is 2. The van der Waals surface area contributed by atoms with Crippen LogP contribution in [0.4, 0.5) is 0 Å². The summed E-state index contributed by atoms with van der Waals surface area (Å²) in [6.45, 7) is 5.06. The van der Waals surface area contributed by atoms with E-state index in [1.165, 1.54) is 19.3 Å². The molecule has 1 rings (SSSR count). The summed E-state index contributed by atoms with van der Waals surface area (Å²) in [6.07, 6.45) is 6.42. The highest BCUT2D eigenvalue weighted by Crippen LogP contribution is 2.23. The second-order valence-corrected chi connectivity index (χ2v) is 5.09. The molecule has 1 heterocycles. The van der Waals surface area contributed by atoms with E-state index in [1.54, 1.807) is 13.3 Å². The van der Waals surface area contributed by atoms with Crippen molar-refractivity contribution in [1.82, 2.24) is 9.97 Å². The van der Waals surface area contributed by atoms with Gasteiger partial charge in [-0.3, -0.25) is 0 Å². The summed E-state index contributed by atoms with van der Waals surface area (Å²) in [5, 5.41) is 0. The molecule has 1 aromatic heterocycles. The van der Waals surface area contributed by atoms with Crippen molar-refractivity contribution in [1.29, 1.82) is 0 Å². The van der Waals surface area contributed by atoms with Crippen molar-refractivity contribution in [3.8, 4) is 11.9 Å². The molecule has 0 aliphatic carbocycles. The van der Waals surface area contributed by atoms with Crippen LogP contribution in [0.3, 0.4) is 0 Å². The molecule has 102 valence electrons. The molecule has 0 saturated heterocycles. The average Bonchev–Trinajstić information content (AvgIpc) is 2.40. The molecule has 1 atom stereocenters. The third kappa shape index (κ3) is 4.80. The Balaban J connectivity index is 2.51. The Morgan fingerprint density at radius 3 is 2.78 bits per heavy atom. The average molecular weight is 317 g/mol. The second-order valence-electron chi connectivity index (χ2n) is 4.24. The first-order chi connectivity index (χ1) is 8.71. The van der Waals surface area contributed by atoms with Gasteiger partial charge >= 0.3 is 6.01 Å². The lowest BCUT2D eigenvalue weighted by Crippen LogP contribution is -2.12. The highest BCUT2D eigenvalue weighted by Gasteiger charge is 2.10. The van der Waals surface area contributed by atoms with Gasteiger partial charge in [-0.2, -0.15) is 4.98 Å². The maximum absolute atomic E-state index is 5.63. The van der Waals surface area contributed by atoms with Crippen LogP contribution in [0.25, 0.3) is 0 Å². The van der Waals surface area contributed by atoms with Crippen LogP contribution >= 0.6 is 15.9 Å². The fourth-order valence-electron chi connectivity index (χ4n) is 1.64. The van der Waals surface area contributed by atoms with Gasteiger partial charge in [0.25, 0.3) is 0 Å². The standard InChI is InChI=1S/C13H21BrN2O2/c1-4-6-7-10(5-2)9-18-13-15-8-11(14)12(16-13)17-3/h8,10H,4-7,9H2,1-3H3. The number of hydrogen-bond acceptors (Lipinski definition) is 4. The predicted octanol–water partition coefficient (Wildman–Crippen LogP) is 3.84. The Kier molecular flexibility index (Phi) is 7.01. The Bertz CT molecular complexity index is 361. The molecule has 0 saturated carbocycles. The van der Waals surface area contributed by atoms with Gasteiger partial charge < -0.3 is 9.47 Å². The predicted molar refractivity (Wildman–Crippen MR) is 75.1 cm³/mol. The molecular weight excluding hydrogens is 296 g/mol. The molecule has 0 bridgehead atoms. The molecule has 5 heteroatoms. The molecule has 0 amide bonds. The minimum atomic E-state index is 0.380. The van der Waals surface area contributed by atoms with Crippen molar-refractivity contribution in [2.45, 2.75) is 39.5 Å². The molecule has 0 spiro atoms. The van der Waals surface area contributed by atoms with Crippen LogP contribution < -0.4 is 9.47 Å². The van der Waals surface area contributed by atoms with E-state index >= 15 is 0 Å². The van der Waals surface area contributed by atoms with E-state index in [9.17, 15) is 0 Å². The van der Waals surface area contributed by atoms with E-state index in [4.69, 9.17) is 9.47 Å². The monoisotopic (exact) mass is 316 g/mol. The number of ether oxygens (including phenoxy) is 2. The smallest absolute Gasteiger partial charge is 0.319 e. The summed E-state index contributed by atoms with van der Waals surface area (Å²) in [7, 11) is 1.58. The molecule has 0 aliphatic heterocycles. The largest absolute Gasteiger partial charge is 0.480 e. The van der Waals surface area contributed by atoms with Crippen molar-refractivity contribution < 1.29 is 9.47 Å². The van der Waals surface area contributed by atoms with Gasteiger partial charge in [0.1, 0.15) is 0 Å². The van der Waals surface area contributed by atoms with Gasteiger partial charge in [0.2, 0.25) is 5.88 Å². The van der Waals surface area contributed by atoms with Gasteiger partial charge in [-0.05, 0) is 28.3 Å². The SMILES string of the molecule is CCCCC(CC)COc1ncc(Br)c(OC)n1. The maximum Gasteiger partial charge on any atom is 0.319 e. The van der Waals surface area contributed by atoms with E-state index in [1.807, 2.05) is 0 Å². The number of aromatic nitrogens is 2. The van der Waals surface area contributed by atoms with Gasteiger partial charge in [-0.1, -0.05) is 33.1 Å². The normalized spacial score (nSPS) is 12.2. The summed E-state index contributed by atoms with van der Waals surface area (Å²) in [5.41, 5.74) is 0. The fourth-order valence-corrected chi connectivity index (χ4v) is 1.99. The Morgan fingerprint density at radius 2 is 2.17 bits per heavy atom. The van der Waals surface area contributed by atoms with E-state index in [0.29, 0.717) is 24.4 Å². The molecule has 18 heavy (non-hydrogen) atoms. The molecule has 1 aromatic rings. The highest BCUT2D eigenvalue weighted by atomic mass is 79.9. The number of hydrogen-bond donors (Lipinski definition) is 0.